The van der Waals surface area contributed by atoms with E-state index in [1.165, 1.54) is 10.8 Å². The van der Waals surface area contributed by atoms with Gasteiger partial charge in [0.1, 0.15) is 6.79 Å². The van der Waals surface area contributed by atoms with E-state index in [9.17, 15) is 0 Å². The minimum atomic E-state index is 0. The van der Waals surface area contributed by atoms with Gasteiger partial charge in [0, 0.05) is 0 Å². The molecule has 2 aromatic carbocycles. The molecule has 0 amide bonds. The molecule has 0 bridgehead atoms. The van der Waals surface area contributed by atoms with Crippen LogP contribution in [0.25, 0.3) is 10.8 Å². The second-order valence-corrected chi connectivity index (χ2v) is 2.35. The zero-order valence-corrected chi connectivity index (χ0v) is 8.23. The minimum absolute atomic E-state index is 0. The fraction of sp³-hybridized carbons (Fsp3) is 0. The van der Waals surface area contributed by atoms with E-state index in [2.05, 4.69) is 48.5 Å². The highest BCUT2D eigenvalue weighted by Crippen LogP contribution is 2.11. The summed E-state index contributed by atoms with van der Waals surface area (Å²) in [4.78, 5) is 8.00. The van der Waals surface area contributed by atoms with E-state index in [1.807, 2.05) is 6.79 Å². The molecule has 0 aliphatic rings. The average Bonchev–Trinajstić information content (AvgIpc) is 2.21. The second-order valence-electron chi connectivity index (χ2n) is 2.35. The Balaban J connectivity index is 0.000000451. The summed E-state index contributed by atoms with van der Waals surface area (Å²) < 4.78 is 0. The van der Waals surface area contributed by atoms with E-state index in [4.69, 9.17) is 4.79 Å². The van der Waals surface area contributed by atoms with E-state index < -0.39 is 0 Å². The first-order chi connectivity index (χ1) is 5.97. The summed E-state index contributed by atoms with van der Waals surface area (Å²) in [6.45, 7) is 2.00. The molecular formula is C11H12OS. The van der Waals surface area contributed by atoms with Crippen molar-refractivity contribution in [3.8, 4) is 0 Å². The first kappa shape index (κ1) is 11.7. The fourth-order valence-corrected chi connectivity index (χ4v) is 1.13. The molecule has 0 spiro atoms. The lowest BCUT2D eigenvalue weighted by Gasteiger charge is -1.92. The Morgan fingerprint density at radius 3 is 1.15 bits per heavy atom. The van der Waals surface area contributed by atoms with Crippen molar-refractivity contribution in [2.75, 3.05) is 0 Å². The monoisotopic (exact) mass is 192 g/mol. The Morgan fingerprint density at radius 1 is 0.692 bits per heavy atom. The Bertz CT molecular complexity index is 294. The summed E-state index contributed by atoms with van der Waals surface area (Å²) in [5.74, 6) is 0. The molecule has 0 unspecified atom stereocenters. The van der Waals surface area contributed by atoms with Crippen molar-refractivity contribution in [1.29, 1.82) is 0 Å². The summed E-state index contributed by atoms with van der Waals surface area (Å²) in [6, 6.07) is 16.7. The van der Waals surface area contributed by atoms with Gasteiger partial charge in [-0.15, -0.1) is 0 Å². The number of fused-ring (bicyclic) bond motifs is 1. The Kier molecular flexibility index (Phi) is 5.64. The van der Waals surface area contributed by atoms with Crippen LogP contribution in [0.1, 0.15) is 0 Å². The summed E-state index contributed by atoms with van der Waals surface area (Å²) in [6.07, 6.45) is 0. The van der Waals surface area contributed by atoms with Crippen LogP contribution in [0, 0.1) is 0 Å². The molecule has 13 heavy (non-hydrogen) atoms. The van der Waals surface area contributed by atoms with E-state index in [1.54, 1.807) is 0 Å². The molecular weight excluding hydrogens is 180 g/mol. The molecule has 2 rings (SSSR count). The van der Waals surface area contributed by atoms with Gasteiger partial charge in [0.2, 0.25) is 0 Å². The van der Waals surface area contributed by atoms with Gasteiger partial charge in [0.15, 0.2) is 0 Å². The number of carbonyl (C=O) groups is 1. The Morgan fingerprint density at radius 2 is 0.923 bits per heavy atom. The molecule has 0 radical (unpaired) electrons. The average molecular weight is 192 g/mol. The fourth-order valence-electron chi connectivity index (χ4n) is 1.13. The van der Waals surface area contributed by atoms with Crippen LogP contribution in [0.5, 0.6) is 0 Å². The number of hydrogen-bond acceptors (Lipinski definition) is 1. The lowest BCUT2D eigenvalue weighted by Crippen LogP contribution is -1.67. The van der Waals surface area contributed by atoms with Crippen LogP contribution in [0.2, 0.25) is 0 Å². The predicted octanol–water partition coefficient (Wildman–Crippen LogP) is 2.77. The highest BCUT2D eigenvalue weighted by atomic mass is 32.1. The van der Waals surface area contributed by atoms with Gasteiger partial charge in [-0.3, -0.25) is 0 Å². The van der Waals surface area contributed by atoms with E-state index >= 15 is 0 Å². The highest BCUT2D eigenvalue weighted by molar-refractivity contribution is 7.59. The van der Waals surface area contributed by atoms with Gasteiger partial charge in [0.05, 0.1) is 0 Å². The van der Waals surface area contributed by atoms with Crippen LogP contribution in [0.15, 0.2) is 48.5 Å². The lowest BCUT2D eigenvalue weighted by molar-refractivity contribution is -0.0979. The van der Waals surface area contributed by atoms with Crippen LogP contribution >= 0.6 is 13.5 Å². The highest BCUT2D eigenvalue weighted by Gasteiger charge is 1.85. The van der Waals surface area contributed by atoms with Crippen LogP contribution < -0.4 is 0 Å². The number of rotatable bonds is 0. The SMILES string of the molecule is C=O.S.c1ccc2ccccc2c1. The summed E-state index contributed by atoms with van der Waals surface area (Å²) >= 11 is 0. The Hall–Kier alpha value is -1.28. The van der Waals surface area contributed by atoms with Gasteiger partial charge in [-0.2, -0.15) is 13.5 Å². The van der Waals surface area contributed by atoms with Crippen LogP contribution in [-0.2, 0) is 4.79 Å². The first-order valence-electron chi connectivity index (χ1n) is 3.69. The predicted molar refractivity (Wildman–Crippen MR) is 61.5 cm³/mol. The maximum absolute atomic E-state index is 8.00. The maximum atomic E-state index is 8.00. The summed E-state index contributed by atoms with van der Waals surface area (Å²) in [7, 11) is 0. The number of hydrogen-bond donors (Lipinski definition) is 0. The van der Waals surface area contributed by atoms with Gasteiger partial charge in [-0.25, -0.2) is 0 Å². The molecule has 2 heteroatoms. The molecule has 0 fully saturated rings. The van der Waals surface area contributed by atoms with Gasteiger partial charge in [0.25, 0.3) is 0 Å². The maximum Gasteiger partial charge on any atom is 0.106 e. The second kappa shape index (κ2) is 6.26. The standard InChI is InChI=1S/C10H8.CH2O.H2S/c1-2-6-10-8-4-3-7-9(10)5-1;1-2;/h1-8H;1H2;1H2. The molecule has 0 heterocycles. The molecule has 68 valence electrons. The molecule has 0 saturated heterocycles. The summed E-state index contributed by atoms with van der Waals surface area (Å²) in [5, 5.41) is 2.62. The molecule has 0 aromatic heterocycles. The van der Waals surface area contributed by atoms with Crippen molar-refractivity contribution in [3.05, 3.63) is 48.5 Å². The molecule has 2 aromatic rings. The van der Waals surface area contributed by atoms with E-state index in [-0.39, 0.29) is 13.5 Å². The van der Waals surface area contributed by atoms with Crippen LogP contribution in [0.4, 0.5) is 0 Å². The van der Waals surface area contributed by atoms with Gasteiger partial charge >= 0.3 is 0 Å². The number of benzene rings is 2. The van der Waals surface area contributed by atoms with E-state index in [0.29, 0.717) is 0 Å². The first-order valence-corrected chi connectivity index (χ1v) is 3.69. The molecule has 0 N–H and O–H groups in total. The minimum Gasteiger partial charge on any atom is -0.307 e. The Labute approximate surface area is 84.8 Å². The molecule has 0 aliphatic carbocycles. The van der Waals surface area contributed by atoms with Crippen molar-refractivity contribution >= 4 is 31.1 Å². The van der Waals surface area contributed by atoms with E-state index in [0.717, 1.165) is 0 Å². The quantitative estimate of drug-likeness (QED) is 0.627. The van der Waals surface area contributed by atoms with Crippen molar-refractivity contribution in [2.24, 2.45) is 0 Å². The molecule has 0 atom stereocenters. The third-order valence-corrected chi connectivity index (χ3v) is 1.66. The van der Waals surface area contributed by atoms with Crippen LogP contribution in [0.3, 0.4) is 0 Å². The van der Waals surface area contributed by atoms with Gasteiger partial charge in [-0.1, -0.05) is 48.5 Å². The van der Waals surface area contributed by atoms with Crippen molar-refractivity contribution in [3.63, 3.8) is 0 Å². The van der Waals surface area contributed by atoms with Crippen molar-refractivity contribution in [2.45, 2.75) is 0 Å². The summed E-state index contributed by atoms with van der Waals surface area (Å²) in [5.41, 5.74) is 0. The molecule has 0 aliphatic heterocycles. The van der Waals surface area contributed by atoms with Gasteiger partial charge < -0.3 is 4.79 Å². The van der Waals surface area contributed by atoms with Gasteiger partial charge in [-0.05, 0) is 10.8 Å². The zero-order valence-electron chi connectivity index (χ0n) is 7.23. The third-order valence-electron chi connectivity index (χ3n) is 1.66. The molecule has 1 nitrogen and oxygen atoms in total. The van der Waals surface area contributed by atoms with Crippen molar-refractivity contribution < 1.29 is 4.79 Å². The smallest absolute Gasteiger partial charge is 0.106 e. The number of carbonyl (C=O) groups excluding carboxylic acids is 1. The van der Waals surface area contributed by atoms with Crippen LogP contribution in [-0.4, -0.2) is 6.79 Å². The third kappa shape index (κ3) is 2.92. The topological polar surface area (TPSA) is 17.1 Å². The van der Waals surface area contributed by atoms with Crippen molar-refractivity contribution in [1.82, 2.24) is 0 Å². The lowest BCUT2D eigenvalue weighted by atomic mass is 10.1. The molecule has 0 saturated carbocycles. The zero-order chi connectivity index (χ0) is 8.81. The largest absolute Gasteiger partial charge is 0.307 e. The normalized spacial score (nSPS) is 8.00.